The number of ketones is 5. The number of aliphatic hydroxyl groups excluding tert-OH is 1. The van der Waals surface area contributed by atoms with Crippen LogP contribution in [0, 0.1) is 58.2 Å². The van der Waals surface area contributed by atoms with Crippen LogP contribution in [0.15, 0.2) is 25.3 Å². The zero-order chi connectivity index (χ0) is 59.3. The van der Waals surface area contributed by atoms with E-state index in [-0.39, 0.29) is 115 Å². The van der Waals surface area contributed by atoms with Gasteiger partial charge in [-0.3, -0.25) is 43.2 Å². The number of rotatable bonds is 14. The van der Waals surface area contributed by atoms with Crippen LogP contribution in [-0.4, -0.2) is 136 Å². The first kappa shape index (κ1) is 66.4. The van der Waals surface area contributed by atoms with Crippen LogP contribution in [0.4, 0.5) is 0 Å². The first-order valence-electron chi connectivity index (χ1n) is 30.3. The molecule has 0 radical (unpaired) electrons. The van der Waals surface area contributed by atoms with Crippen molar-refractivity contribution in [1.82, 2.24) is 9.80 Å². The molecule has 0 aromatic heterocycles. The molecule has 450 valence electrons. The van der Waals surface area contributed by atoms with E-state index in [1.165, 1.54) is 0 Å². The fourth-order valence-corrected chi connectivity index (χ4v) is 13.2. The minimum atomic E-state index is -1.20. The third kappa shape index (κ3) is 18.3. The zero-order valence-electron chi connectivity index (χ0n) is 50.5. The van der Waals surface area contributed by atoms with Gasteiger partial charge in [-0.05, 0) is 120 Å². The van der Waals surface area contributed by atoms with E-state index >= 15 is 0 Å². The third-order valence-corrected chi connectivity index (χ3v) is 17.9. The van der Waals surface area contributed by atoms with Crippen molar-refractivity contribution in [3.63, 3.8) is 0 Å². The highest BCUT2D eigenvalue weighted by Crippen LogP contribution is 2.66. The molecule has 2 saturated carbocycles. The third-order valence-electron chi connectivity index (χ3n) is 17.9. The lowest BCUT2D eigenvalue weighted by molar-refractivity contribution is -0.160. The summed E-state index contributed by atoms with van der Waals surface area (Å²) in [5, 5.41) is 11.0. The van der Waals surface area contributed by atoms with E-state index in [9.17, 15) is 48.3 Å². The molecule has 4 saturated heterocycles. The number of hydrogen-bond acceptors (Lipinski definition) is 14. The highest BCUT2D eigenvalue weighted by molar-refractivity contribution is 6.38. The van der Waals surface area contributed by atoms with E-state index in [1.54, 1.807) is 63.5 Å². The van der Waals surface area contributed by atoms with Gasteiger partial charge >= 0.3 is 11.9 Å². The van der Waals surface area contributed by atoms with Gasteiger partial charge in [-0.25, -0.2) is 0 Å². The van der Waals surface area contributed by atoms with Crippen molar-refractivity contribution in [2.45, 2.75) is 227 Å². The average Bonchev–Trinajstić information content (AvgIpc) is 3.81. The second-order valence-corrected chi connectivity index (χ2v) is 27.2. The van der Waals surface area contributed by atoms with Crippen molar-refractivity contribution in [3.05, 3.63) is 25.3 Å². The Morgan fingerprint density at radius 1 is 0.625 bits per heavy atom. The molecule has 80 heavy (non-hydrogen) atoms. The highest BCUT2D eigenvalue weighted by Gasteiger charge is 2.70. The Balaban J connectivity index is 0.000000294. The van der Waals surface area contributed by atoms with Crippen LogP contribution >= 0.6 is 0 Å². The largest absolute Gasteiger partial charge is 0.460 e. The normalized spacial score (nSPS) is 30.2. The van der Waals surface area contributed by atoms with E-state index < -0.39 is 76.6 Å². The molecule has 4 aliphatic heterocycles. The van der Waals surface area contributed by atoms with E-state index in [1.807, 2.05) is 0 Å². The van der Waals surface area contributed by atoms with Gasteiger partial charge in [0, 0.05) is 57.9 Å². The molecule has 11 atom stereocenters. The molecule has 2 aliphatic carbocycles. The first-order valence-corrected chi connectivity index (χ1v) is 30.3. The molecule has 16 heteroatoms. The molecule has 0 aromatic rings. The molecule has 6 fully saturated rings. The fourth-order valence-electron chi connectivity index (χ4n) is 13.2. The summed E-state index contributed by atoms with van der Waals surface area (Å²) in [7, 11) is 0. The Bertz CT molecular complexity index is 2220. The molecule has 4 heterocycles. The summed E-state index contributed by atoms with van der Waals surface area (Å²) in [5.74, 6) is -5.14. The quantitative estimate of drug-likeness (QED) is 0.0974. The Labute approximate surface area is 478 Å². The van der Waals surface area contributed by atoms with Crippen molar-refractivity contribution >= 4 is 52.7 Å². The molecule has 0 bridgehead atoms. The number of aliphatic hydroxyl groups is 1. The Kier molecular flexibility index (Phi) is 24.2. The van der Waals surface area contributed by atoms with Gasteiger partial charge in [-0.2, -0.15) is 0 Å². The van der Waals surface area contributed by atoms with Crippen molar-refractivity contribution in [2.24, 2.45) is 58.2 Å². The lowest BCUT2D eigenvalue weighted by Crippen LogP contribution is -2.49. The van der Waals surface area contributed by atoms with E-state index in [0.29, 0.717) is 52.0 Å². The van der Waals surface area contributed by atoms with E-state index in [4.69, 9.17) is 18.9 Å². The number of fused-ring (bicyclic) bond motifs is 6. The van der Waals surface area contributed by atoms with Crippen LogP contribution in [0.2, 0.25) is 0 Å². The summed E-state index contributed by atoms with van der Waals surface area (Å²) in [4.78, 5) is 123. The van der Waals surface area contributed by atoms with Gasteiger partial charge < -0.3 is 33.9 Å². The maximum absolute atomic E-state index is 14.0. The fraction of sp³-hybridized carbons (Fsp3) is 0.797. The summed E-state index contributed by atoms with van der Waals surface area (Å²) in [6, 6.07) is -1.29. The van der Waals surface area contributed by atoms with Crippen LogP contribution in [0.3, 0.4) is 0 Å². The van der Waals surface area contributed by atoms with Gasteiger partial charge in [0.2, 0.25) is 17.6 Å². The topological polar surface area (TPSA) is 217 Å². The van der Waals surface area contributed by atoms with Crippen molar-refractivity contribution in [1.29, 1.82) is 0 Å². The second kappa shape index (κ2) is 29.2. The number of amides is 2. The molecule has 0 spiro atoms. The highest BCUT2D eigenvalue weighted by atomic mass is 16.6. The number of hydrogen-bond donors (Lipinski definition) is 1. The Morgan fingerprint density at radius 3 is 1.49 bits per heavy atom. The lowest BCUT2D eigenvalue weighted by Gasteiger charge is -2.34. The monoisotopic (exact) mass is 1120 g/mol. The number of piperidine rings is 2. The summed E-state index contributed by atoms with van der Waals surface area (Å²) in [6.45, 7) is 28.6. The lowest BCUT2D eigenvalue weighted by atomic mass is 9.84. The maximum atomic E-state index is 14.0. The Hall–Kier alpha value is -4.41. The van der Waals surface area contributed by atoms with Gasteiger partial charge in [-0.15, -0.1) is 13.2 Å². The van der Waals surface area contributed by atoms with Crippen LogP contribution in [0.5, 0.6) is 0 Å². The predicted octanol–water partition coefficient (Wildman–Crippen LogP) is 9.53. The van der Waals surface area contributed by atoms with E-state index in [0.717, 1.165) is 64.2 Å². The molecule has 0 aromatic carbocycles. The van der Waals surface area contributed by atoms with E-state index in [2.05, 4.69) is 40.9 Å². The number of carbonyl (C=O) groups excluding carboxylic acids is 9. The second-order valence-electron chi connectivity index (χ2n) is 27.2. The average molecular weight is 1120 g/mol. The van der Waals surface area contributed by atoms with Crippen molar-refractivity contribution in [2.75, 3.05) is 39.5 Å². The minimum absolute atomic E-state index is 0.00171. The molecular weight excluding hydrogens is 1020 g/mol. The number of Topliss-reactive ketones (excluding diaryl/α,β-unsaturated/α-hetero) is 5. The zero-order valence-corrected chi connectivity index (χ0v) is 50.5. The van der Waals surface area contributed by atoms with Crippen LogP contribution in [0.25, 0.3) is 0 Å². The number of nitrogens with zero attached hydrogens (tertiary/aromatic N) is 2. The first-order chi connectivity index (χ1) is 37.5. The molecule has 6 rings (SSSR count). The van der Waals surface area contributed by atoms with Crippen LogP contribution in [0.1, 0.15) is 198 Å². The van der Waals surface area contributed by atoms with Crippen LogP contribution < -0.4 is 0 Å². The molecule has 1 unspecified atom stereocenters. The molecule has 6 aliphatic rings. The predicted molar refractivity (Wildman–Crippen MR) is 304 cm³/mol. The van der Waals surface area contributed by atoms with Gasteiger partial charge in [0.05, 0.1) is 50.0 Å². The summed E-state index contributed by atoms with van der Waals surface area (Å²) < 4.78 is 22.8. The van der Waals surface area contributed by atoms with Crippen molar-refractivity contribution in [3.8, 4) is 0 Å². The van der Waals surface area contributed by atoms with Gasteiger partial charge in [0.1, 0.15) is 17.3 Å². The summed E-state index contributed by atoms with van der Waals surface area (Å²) >= 11 is 0. The standard InChI is InChI=1S/C32H51NO7.C32H49NO7/c2*1-7-8-15-24(34)29(37)21-14-12-10-9-11-13-16-39-20-22(18-26(36)40-31(2,3)4)30(38)33-19-23-27(32(23,5)6)28(33)25(35)17-21/h7,21-23,27-29,37H,1,8-20H2,2-6H3;7,21-23,27-28H,1,8-20H2,2-6H3/t21-,22+,23+,27+,28-,29?;21-,22+,23+,27+,28-/m11/s1. The number of allylic oxidation sites excluding steroid dienone is 2. The summed E-state index contributed by atoms with van der Waals surface area (Å²) in [6.07, 6.45) is 13.1. The molecule has 16 nitrogen and oxygen atoms in total. The van der Waals surface area contributed by atoms with Crippen molar-refractivity contribution < 1.29 is 67.2 Å². The maximum Gasteiger partial charge on any atom is 0.307 e. The van der Waals surface area contributed by atoms with Gasteiger partial charge in [0.25, 0.3) is 0 Å². The van der Waals surface area contributed by atoms with Gasteiger partial charge in [-0.1, -0.05) is 91.2 Å². The number of esters is 2. The molecule has 1 N–H and O–H groups in total. The number of carbonyl (C=O) groups is 9. The summed E-state index contributed by atoms with van der Waals surface area (Å²) in [5.41, 5.74) is -1.50. The Morgan fingerprint density at radius 2 is 1.04 bits per heavy atom. The molecule has 2 amide bonds. The SMILES string of the molecule is C=CCCC(=O)C(=O)[C@@H]1CCCCCCCOC[C@H](CC(=O)OC(C)(C)C)C(=O)N2C[C@H]3[C@@H]([C@H]2C(=O)C1)C3(C)C.C=CCCC(=O)C(O)[C@@H]1CCCCCCCOC[C@H](CC(=O)OC(C)(C)C)C(=O)N2C[C@H]3[C@@H]([C@H]2C(=O)C1)C3(C)C. The molecular formula is C64H100N2O14. The smallest absolute Gasteiger partial charge is 0.307 e. The van der Waals surface area contributed by atoms with Gasteiger partial charge in [0.15, 0.2) is 23.1 Å². The van der Waals surface area contributed by atoms with Crippen LogP contribution in [-0.2, 0) is 62.1 Å². The minimum Gasteiger partial charge on any atom is -0.460 e. The number of ether oxygens (including phenoxy) is 4.